The predicted octanol–water partition coefficient (Wildman–Crippen LogP) is 1.10. The van der Waals surface area contributed by atoms with Crippen LogP contribution in [0.1, 0.15) is 12.2 Å². The van der Waals surface area contributed by atoms with Crippen LogP contribution >= 0.6 is 0 Å². The topological polar surface area (TPSA) is 78.1 Å². The van der Waals surface area contributed by atoms with Crippen LogP contribution in [0.5, 0.6) is 0 Å². The molecule has 2 N–H and O–H groups in total. The van der Waals surface area contributed by atoms with Crippen LogP contribution < -0.4 is 4.72 Å². The van der Waals surface area contributed by atoms with Gasteiger partial charge >= 0.3 is 0 Å². The van der Waals surface area contributed by atoms with Crippen molar-refractivity contribution in [1.82, 2.24) is 19.6 Å². The number of H-pyrrole nitrogens is 1. The number of fused-ring (bicyclic) bond motifs is 1. The molecule has 0 fully saturated rings. The van der Waals surface area contributed by atoms with Gasteiger partial charge in [0.05, 0.1) is 15.9 Å². The molecule has 2 rings (SSSR count). The highest BCUT2D eigenvalue weighted by molar-refractivity contribution is 7.89. The van der Waals surface area contributed by atoms with E-state index < -0.39 is 10.0 Å². The van der Waals surface area contributed by atoms with Gasteiger partial charge in [-0.05, 0) is 52.2 Å². The molecule has 0 amide bonds. The van der Waals surface area contributed by atoms with Gasteiger partial charge in [-0.15, -0.1) is 0 Å². The van der Waals surface area contributed by atoms with Gasteiger partial charge in [0.2, 0.25) is 10.0 Å². The quantitative estimate of drug-likeness (QED) is 0.783. The van der Waals surface area contributed by atoms with Gasteiger partial charge in [-0.25, -0.2) is 18.1 Å². The predicted molar refractivity (Wildman–Crippen MR) is 79.2 cm³/mol. The van der Waals surface area contributed by atoms with Crippen molar-refractivity contribution in [3.05, 3.63) is 24.0 Å². The van der Waals surface area contributed by atoms with E-state index in [0.717, 1.165) is 29.8 Å². The Balaban J connectivity index is 2.10. The Bertz CT molecular complexity index is 691. The molecule has 0 aliphatic rings. The molecule has 2 aromatic rings. The average Bonchev–Trinajstić information content (AvgIpc) is 2.73. The van der Waals surface area contributed by atoms with Crippen LogP contribution in [0.25, 0.3) is 11.0 Å². The van der Waals surface area contributed by atoms with Crippen molar-refractivity contribution in [3.63, 3.8) is 0 Å². The zero-order valence-electron chi connectivity index (χ0n) is 12.0. The number of aryl methyl sites for hydroxylation is 1. The van der Waals surface area contributed by atoms with Crippen molar-refractivity contribution < 1.29 is 8.42 Å². The first-order chi connectivity index (χ1) is 9.38. The van der Waals surface area contributed by atoms with Gasteiger partial charge in [0.15, 0.2) is 0 Å². The number of sulfonamides is 1. The molecule has 0 bridgehead atoms. The summed E-state index contributed by atoms with van der Waals surface area (Å²) in [5.41, 5.74) is 1.51. The van der Waals surface area contributed by atoms with Crippen LogP contribution in [0, 0.1) is 6.92 Å². The first kappa shape index (κ1) is 15.0. The lowest BCUT2D eigenvalue weighted by Crippen LogP contribution is -2.27. The van der Waals surface area contributed by atoms with E-state index in [0.29, 0.717) is 6.54 Å². The average molecular weight is 296 g/mol. The SMILES string of the molecule is Cc1nc2ccc(S(=O)(=O)NCCCN(C)C)cc2[nH]1. The largest absolute Gasteiger partial charge is 0.342 e. The maximum atomic E-state index is 12.2. The molecular weight excluding hydrogens is 276 g/mol. The Labute approximate surface area is 119 Å². The van der Waals surface area contributed by atoms with Gasteiger partial charge in [0.25, 0.3) is 0 Å². The van der Waals surface area contributed by atoms with Crippen LogP contribution in [0.3, 0.4) is 0 Å². The molecule has 1 aromatic carbocycles. The summed E-state index contributed by atoms with van der Waals surface area (Å²) in [5.74, 6) is 0.772. The third-order valence-electron chi connectivity index (χ3n) is 2.96. The highest BCUT2D eigenvalue weighted by atomic mass is 32.2. The third kappa shape index (κ3) is 3.56. The Morgan fingerprint density at radius 1 is 1.35 bits per heavy atom. The van der Waals surface area contributed by atoms with Crippen LogP contribution in [0.15, 0.2) is 23.1 Å². The molecule has 0 aliphatic carbocycles. The first-order valence-electron chi connectivity index (χ1n) is 6.49. The summed E-state index contributed by atoms with van der Waals surface area (Å²) in [6.45, 7) is 3.12. The zero-order chi connectivity index (χ0) is 14.8. The number of nitrogens with zero attached hydrogens (tertiary/aromatic N) is 2. The lowest BCUT2D eigenvalue weighted by molar-refractivity contribution is 0.400. The fourth-order valence-corrected chi connectivity index (χ4v) is 3.07. The molecule has 0 aliphatic heterocycles. The molecule has 0 spiro atoms. The molecule has 0 radical (unpaired) electrons. The molecular formula is C13H20N4O2S. The van der Waals surface area contributed by atoms with Crippen molar-refractivity contribution in [1.29, 1.82) is 0 Å². The Morgan fingerprint density at radius 3 is 2.80 bits per heavy atom. The van der Waals surface area contributed by atoms with Crippen molar-refractivity contribution in [2.45, 2.75) is 18.2 Å². The van der Waals surface area contributed by atoms with E-state index in [2.05, 4.69) is 14.7 Å². The smallest absolute Gasteiger partial charge is 0.240 e. The highest BCUT2D eigenvalue weighted by Gasteiger charge is 2.14. The van der Waals surface area contributed by atoms with E-state index in [-0.39, 0.29) is 4.90 Å². The molecule has 7 heteroatoms. The van der Waals surface area contributed by atoms with Crippen LogP contribution in [-0.2, 0) is 10.0 Å². The van der Waals surface area contributed by atoms with Gasteiger partial charge in [0.1, 0.15) is 5.82 Å². The van der Waals surface area contributed by atoms with Crippen LogP contribution in [0.2, 0.25) is 0 Å². The van der Waals surface area contributed by atoms with Gasteiger partial charge in [-0.2, -0.15) is 0 Å². The zero-order valence-corrected chi connectivity index (χ0v) is 12.8. The molecule has 20 heavy (non-hydrogen) atoms. The highest BCUT2D eigenvalue weighted by Crippen LogP contribution is 2.17. The second-order valence-electron chi connectivity index (χ2n) is 5.06. The van der Waals surface area contributed by atoms with E-state index in [1.807, 2.05) is 25.9 Å². The maximum Gasteiger partial charge on any atom is 0.240 e. The minimum absolute atomic E-state index is 0.263. The van der Waals surface area contributed by atoms with E-state index in [4.69, 9.17) is 0 Å². The summed E-state index contributed by atoms with van der Waals surface area (Å²) in [5, 5.41) is 0. The molecule has 110 valence electrons. The van der Waals surface area contributed by atoms with Crippen molar-refractivity contribution in [3.8, 4) is 0 Å². The number of aromatic nitrogens is 2. The number of hydrogen-bond donors (Lipinski definition) is 2. The van der Waals surface area contributed by atoms with Crippen LogP contribution in [-0.4, -0.2) is 50.5 Å². The van der Waals surface area contributed by atoms with E-state index in [1.54, 1.807) is 18.2 Å². The molecule has 1 heterocycles. The fraction of sp³-hybridized carbons (Fsp3) is 0.462. The summed E-state index contributed by atoms with van der Waals surface area (Å²) in [6, 6.07) is 4.91. The Morgan fingerprint density at radius 2 is 2.10 bits per heavy atom. The molecule has 0 saturated heterocycles. The number of benzene rings is 1. The number of imidazole rings is 1. The van der Waals surface area contributed by atoms with E-state index in [9.17, 15) is 8.42 Å². The van der Waals surface area contributed by atoms with Gasteiger partial charge < -0.3 is 9.88 Å². The Kier molecular flexibility index (Phi) is 4.42. The summed E-state index contributed by atoms with van der Waals surface area (Å²) in [7, 11) is 0.466. The molecule has 0 unspecified atom stereocenters. The molecule has 0 atom stereocenters. The second-order valence-corrected chi connectivity index (χ2v) is 6.82. The van der Waals surface area contributed by atoms with Crippen molar-refractivity contribution in [2.75, 3.05) is 27.2 Å². The second kappa shape index (κ2) is 5.90. The molecule has 1 aromatic heterocycles. The standard InChI is InChI=1S/C13H20N4O2S/c1-10-15-12-6-5-11(9-13(12)16-10)20(18,19)14-7-4-8-17(2)3/h5-6,9,14H,4,7-8H2,1-3H3,(H,15,16). The van der Waals surface area contributed by atoms with Crippen LogP contribution in [0.4, 0.5) is 0 Å². The normalized spacial score (nSPS) is 12.4. The van der Waals surface area contributed by atoms with Crippen molar-refractivity contribution in [2.24, 2.45) is 0 Å². The van der Waals surface area contributed by atoms with E-state index in [1.165, 1.54) is 0 Å². The first-order valence-corrected chi connectivity index (χ1v) is 7.97. The lowest BCUT2D eigenvalue weighted by Gasteiger charge is -2.10. The third-order valence-corrected chi connectivity index (χ3v) is 4.41. The Hall–Kier alpha value is -1.44. The van der Waals surface area contributed by atoms with Crippen molar-refractivity contribution >= 4 is 21.1 Å². The number of rotatable bonds is 6. The minimum Gasteiger partial charge on any atom is -0.342 e. The van der Waals surface area contributed by atoms with E-state index >= 15 is 0 Å². The monoisotopic (exact) mass is 296 g/mol. The molecule has 0 saturated carbocycles. The fourth-order valence-electron chi connectivity index (χ4n) is 1.97. The number of nitrogens with one attached hydrogen (secondary N) is 2. The summed E-state index contributed by atoms with van der Waals surface area (Å²) < 4.78 is 27.0. The van der Waals surface area contributed by atoms with Gasteiger partial charge in [-0.1, -0.05) is 0 Å². The number of hydrogen-bond acceptors (Lipinski definition) is 4. The summed E-state index contributed by atoms with van der Waals surface area (Å²) >= 11 is 0. The van der Waals surface area contributed by atoms with Gasteiger partial charge in [-0.3, -0.25) is 0 Å². The molecule has 6 nitrogen and oxygen atoms in total. The lowest BCUT2D eigenvalue weighted by atomic mass is 10.3. The van der Waals surface area contributed by atoms with Gasteiger partial charge in [0, 0.05) is 6.54 Å². The summed E-state index contributed by atoms with van der Waals surface area (Å²) in [6.07, 6.45) is 0.775. The summed E-state index contributed by atoms with van der Waals surface area (Å²) in [4.78, 5) is 9.58. The number of aromatic amines is 1. The minimum atomic E-state index is -3.46. The maximum absolute atomic E-state index is 12.2.